The Bertz CT molecular complexity index is 486. The molecule has 1 amide bonds. The van der Waals surface area contributed by atoms with Crippen LogP contribution < -0.4 is 11.1 Å². The number of aromatic hydroxyl groups is 2. The number of carbonyl (C=O) groups is 1. The van der Waals surface area contributed by atoms with Crippen molar-refractivity contribution in [2.45, 2.75) is 13.8 Å². The minimum Gasteiger partial charge on any atom is -0.508 e. The number of phenolic OH excluding ortho intramolecular Hbond substituents is 2. The molecule has 0 aliphatic heterocycles. The van der Waals surface area contributed by atoms with Gasteiger partial charge in [0.1, 0.15) is 11.5 Å². The fourth-order valence-corrected chi connectivity index (χ4v) is 1.27. The Morgan fingerprint density at radius 2 is 2.06 bits per heavy atom. The highest BCUT2D eigenvalue weighted by atomic mass is 32.1. The summed E-state index contributed by atoms with van der Waals surface area (Å²) in [6.45, 7) is 3.89. The molecule has 6 heteroatoms. The van der Waals surface area contributed by atoms with Crippen LogP contribution in [0.15, 0.2) is 18.2 Å². The third-order valence-electron chi connectivity index (χ3n) is 2.58. The van der Waals surface area contributed by atoms with Gasteiger partial charge in [0.25, 0.3) is 5.91 Å². The number of nitrogens with two attached hydrogens (primary N) is 1. The van der Waals surface area contributed by atoms with Crippen LogP contribution in [0.5, 0.6) is 11.5 Å². The van der Waals surface area contributed by atoms with Crippen molar-refractivity contribution in [1.29, 1.82) is 0 Å². The van der Waals surface area contributed by atoms with Crippen LogP contribution in [0.3, 0.4) is 0 Å². The number of amides is 1. The molecule has 0 heterocycles. The van der Waals surface area contributed by atoms with Crippen LogP contribution in [0.25, 0.3) is 0 Å². The van der Waals surface area contributed by atoms with E-state index in [1.165, 1.54) is 12.1 Å². The highest BCUT2D eigenvalue weighted by Gasteiger charge is 2.23. The van der Waals surface area contributed by atoms with Crippen molar-refractivity contribution in [2.75, 3.05) is 6.54 Å². The van der Waals surface area contributed by atoms with Crippen LogP contribution in [-0.2, 0) is 0 Å². The average Bonchev–Trinajstić information content (AvgIpc) is 2.25. The van der Waals surface area contributed by atoms with Gasteiger partial charge in [-0.05, 0) is 12.1 Å². The summed E-state index contributed by atoms with van der Waals surface area (Å²) in [5, 5.41) is 21.3. The molecule has 0 spiro atoms. The molecule has 1 rings (SSSR count). The van der Waals surface area contributed by atoms with Crippen LogP contribution in [0.1, 0.15) is 24.2 Å². The summed E-state index contributed by atoms with van der Waals surface area (Å²) < 4.78 is 0. The number of hydrogen-bond donors (Lipinski definition) is 4. The summed E-state index contributed by atoms with van der Waals surface area (Å²) in [7, 11) is 0. The maximum absolute atomic E-state index is 11.8. The maximum Gasteiger partial charge on any atom is 0.255 e. The molecule has 0 aliphatic carbocycles. The minimum atomic E-state index is -0.502. The first-order chi connectivity index (χ1) is 8.24. The monoisotopic (exact) mass is 268 g/mol. The Morgan fingerprint density at radius 3 is 2.56 bits per heavy atom. The van der Waals surface area contributed by atoms with E-state index in [2.05, 4.69) is 5.32 Å². The lowest BCUT2D eigenvalue weighted by atomic mass is 9.93. The van der Waals surface area contributed by atoms with Gasteiger partial charge in [-0.15, -0.1) is 0 Å². The molecule has 1 aromatic rings. The first-order valence-corrected chi connectivity index (χ1v) is 5.75. The molecule has 1 aromatic carbocycles. The van der Waals surface area contributed by atoms with Gasteiger partial charge >= 0.3 is 0 Å². The summed E-state index contributed by atoms with van der Waals surface area (Å²) in [5.74, 6) is -0.829. The maximum atomic E-state index is 11.8. The molecule has 98 valence electrons. The van der Waals surface area contributed by atoms with Crippen molar-refractivity contribution < 1.29 is 15.0 Å². The normalized spacial score (nSPS) is 11.0. The largest absolute Gasteiger partial charge is 0.508 e. The third-order valence-corrected chi connectivity index (χ3v) is 3.14. The van der Waals surface area contributed by atoms with Gasteiger partial charge in [0.2, 0.25) is 0 Å². The summed E-state index contributed by atoms with van der Waals surface area (Å²) in [6.07, 6.45) is 0. The molecule has 18 heavy (non-hydrogen) atoms. The second-order valence-electron chi connectivity index (χ2n) is 4.63. The van der Waals surface area contributed by atoms with Gasteiger partial charge in [0, 0.05) is 18.0 Å². The number of nitrogens with one attached hydrogen (secondary N) is 1. The number of phenols is 2. The standard InChI is InChI=1S/C12H16N2O3S/c1-12(2,11(13)18)6-14-10(17)8-4-3-7(15)5-9(8)16/h3-5,15-16H,6H2,1-2H3,(H2,13,18)(H,14,17). The van der Waals surface area contributed by atoms with Gasteiger partial charge < -0.3 is 21.3 Å². The topological polar surface area (TPSA) is 95.6 Å². The first-order valence-electron chi connectivity index (χ1n) is 5.34. The molecule has 0 atom stereocenters. The van der Waals surface area contributed by atoms with Crippen molar-refractivity contribution in [3.05, 3.63) is 23.8 Å². The first kappa shape index (κ1) is 14.2. The molecule has 0 unspecified atom stereocenters. The number of hydrogen-bond acceptors (Lipinski definition) is 4. The molecule has 0 saturated heterocycles. The molecule has 0 radical (unpaired) electrons. The molecule has 5 nitrogen and oxygen atoms in total. The van der Waals surface area contributed by atoms with E-state index < -0.39 is 11.3 Å². The highest BCUT2D eigenvalue weighted by molar-refractivity contribution is 7.80. The predicted octanol–water partition coefficient (Wildman–Crippen LogP) is 1.14. The lowest BCUT2D eigenvalue weighted by Gasteiger charge is -2.23. The SMILES string of the molecule is CC(C)(CNC(=O)c1ccc(O)cc1O)C(N)=S. The van der Waals surface area contributed by atoms with Crippen LogP contribution in [0.2, 0.25) is 0 Å². The van der Waals surface area contributed by atoms with Gasteiger partial charge in [0.15, 0.2) is 0 Å². The fraction of sp³-hybridized carbons (Fsp3) is 0.333. The van der Waals surface area contributed by atoms with E-state index >= 15 is 0 Å². The van der Waals surface area contributed by atoms with Crippen molar-refractivity contribution >= 4 is 23.1 Å². The van der Waals surface area contributed by atoms with Crippen LogP contribution in [-0.4, -0.2) is 27.7 Å². The van der Waals surface area contributed by atoms with Gasteiger partial charge in [-0.2, -0.15) is 0 Å². The lowest BCUT2D eigenvalue weighted by Crippen LogP contribution is -2.41. The van der Waals surface area contributed by atoms with E-state index in [0.29, 0.717) is 4.99 Å². The fourth-order valence-electron chi connectivity index (χ4n) is 1.20. The molecule has 0 fully saturated rings. The number of rotatable bonds is 4. The smallest absolute Gasteiger partial charge is 0.255 e. The molecule has 0 saturated carbocycles. The molecule has 5 N–H and O–H groups in total. The van der Waals surface area contributed by atoms with E-state index in [0.717, 1.165) is 6.07 Å². The van der Waals surface area contributed by atoms with E-state index in [9.17, 15) is 9.90 Å². The Balaban J connectivity index is 2.75. The summed E-state index contributed by atoms with van der Waals surface area (Å²) in [5.41, 5.74) is 5.13. The van der Waals surface area contributed by atoms with E-state index in [4.69, 9.17) is 23.1 Å². The second kappa shape index (κ2) is 5.22. The van der Waals surface area contributed by atoms with Gasteiger partial charge in [-0.3, -0.25) is 4.79 Å². The van der Waals surface area contributed by atoms with Gasteiger partial charge in [-0.25, -0.2) is 0 Å². The van der Waals surface area contributed by atoms with E-state index in [1.807, 2.05) is 13.8 Å². The summed E-state index contributed by atoms with van der Waals surface area (Å²) in [4.78, 5) is 12.1. The Kier molecular flexibility index (Phi) is 4.13. The summed E-state index contributed by atoms with van der Waals surface area (Å²) in [6, 6.07) is 3.77. The lowest BCUT2D eigenvalue weighted by molar-refractivity contribution is 0.0942. The van der Waals surface area contributed by atoms with Crippen LogP contribution in [0.4, 0.5) is 0 Å². The van der Waals surface area contributed by atoms with Crippen molar-refractivity contribution in [1.82, 2.24) is 5.32 Å². The van der Waals surface area contributed by atoms with Crippen LogP contribution >= 0.6 is 12.2 Å². The van der Waals surface area contributed by atoms with Gasteiger partial charge in [-0.1, -0.05) is 26.1 Å². The van der Waals surface area contributed by atoms with Crippen molar-refractivity contribution in [2.24, 2.45) is 11.1 Å². The number of thiocarbonyl (C=S) groups is 1. The molecular weight excluding hydrogens is 252 g/mol. The van der Waals surface area contributed by atoms with E-state index in [-0.39, 0.29) is 23.6 Å². The zero-order chi connectivity index (χ0) is 13.9. The average molecular weight is 268 g/mol. The van der Waals surface area contributed by atoms with E-state index in [1.54, 1.807) is 0 Å². The quantitative estimate of drug-likeness (QED) is 0.614. The summed E-state index contributed by atoms with van der Waals surface area (Å²) >= 11 is 4.89. The second-order valence-corrected chi connectivity index (χ2v) is 5.07. The van der Waals surface area contributed by atoms with Crippen molar-refractivity contribution in [3.63, 3.8) is 0 Å². The molecule has 0 aromatic heterocycles. The van der Waals surface area contributed by atoms with Gasteiger partial charge in [0.05, 0.1) is 10.6 Å². The molecule has 0 aliphatic rings. The van der Waals surface area contributed by atoms with Crippen molar-refractivity contribution in [3.8, 4) is 11.5 Å². The zero-order valence-electron chi connectivity index (χ0n) is 10.2. The highest BCUT2D eigenvalue weighted by Crippen LogP contribution is 2.22. The number of benzene rings is 1. The predicted molar refractivity (Wildman–Crippen MR) is 72.7 cm³/mol. The Labute approximate surface area is 111 Å². The Hall–Kier alpha value is -1.82. The third kappa shape index (κ3) is 3.33. The molecular formula is C12H16N2O3S. The number of carbonyl (C=O) groups excluding carboxylic acids is 1. The minimum absolute atomic E-state index is 0.0894. The van der Waals surface area contributed by atoms with Crippen LogP contribution in [0, 0.1) is 5.41 Å². The zero-order valence-corrected chi connectivity index (χ0v) is 11.0. The molecule has 0 bridgehead atoms. The Morgan fingerprint density at radius 1 is 1.44 bits per heavy atom.